The van der Waals surface area contributed by atoms with E-state index in [-0.39, 0.29) is 0 Å². The van der Waals surface area contributed by atoms with Gasteiger partial charge >= 0.3 is 0 Å². The van der Waals surface area contributed by atoms with Crippen molar-refractivity contribution < 1.29 is 14.2 Å². The summed E-state index contributed by atoms with van der Waals surface area (Å²) in [5, 5.41) is 4.55. The molecule has 2 heterocycles. The van der Waals surface area contributed by atoms with Gasteiger partial charge in [0.15, 0.2) is 11.5 Å². The van der Waals surface area contributed by atoms with Crippen LogP contribution < -0.4 is 19.5 Å². The first-order valence-electron chi connectivity index (χ1n) is 9.11. The van der Waals surface area contributed by atoms with Gasteiger partial charge in [-0.1, -0.05) is 11.6 Å². The molecule has 4 aromatic rings. The van der Waals surface area contributed by atoms with Crippen molar-refractivity contribution in [1.82, 2.24) is 19.5 Å². The van der Waals surface area contributed by atoms with E-state index < -0.39 is 0 Å². The van der Waals surface area contributed by atoms with Gasteiger partial charge in [0.05, 0.1) is 24.8 Å². The van der Waals surface area contributed by atoms with Crippen LogP contribution in [0, 0.1) is 0 Å². The number of fused-ring (bicyclic) bond motifs is 1. The first-order chi connectivity index (χ1) is 14.6. The molecule has 0 aliphatic rings. The molecule has 0 radical (unpaired) electrons. The summed E-state index contributed by atoms with van der Waals surface area (Å²) in [5.74, 6) is 3.21. The number of imidazole rings is 1. The maximum atomic E-state index is 6.42. The van der Waals surface area contributed by atoms with Crippen molar-refractivity contribution >= 4 is 34.0 Å². The van der Waals surface area contributed by atoms with E-state index in [4.69, 9.17) is 25.8 Å². The molecule has 0 aliphatic carbocycles. The molecule has 0 unspecified atom stereocenters. The fourth-order valence-corrected chi connectivity index (χ4v) is 3.23. The van der Waals surface area contributed by atoms with E-state index in [1.54, 1.807) is 32.5 Å². The molecule has 2 aromatic heterocycles. The molecule has 0 fully saturated rings. The van der Waals surface area contributed by atoms with E-state index in [0.717, 1.165) is 22.4 Å². The lowest BCUT2D eigenvalue weighted by Crippen LogP contribution is -2.03. The third-order valence-corrected chi connectivity index (χ3v) is 4.91. The highest BCUT2D eigenvalue weighted by molar-refractivity contribution is 6.32. The number of hydrogen-bond donors (Lipinski definition) is 1. The predicted molar refractivity (Wildman–Crippen MR) is 115 cm³/mol. The highest BCUT2D eigenvalue weighted by Gasteiger charge is 2.12. The zero-order valence-electron chi connectivity index (χ0n) is 16.7. The Bertz CT molecular complexity index is 1190. The van der Waals surface area contributed by atoms with E-state index in [1.807, 2.05) is 36.0 Å². The maximum Gasteiger partial charge on any atom is 0.162 e. The van der Waals surface area contributed by atoms with Crippen LogP contribution in [0.5, 0.6) is 17.2 Å². The highest BCUT2D eigenvalue weighted by atomic mass is 35.5. The van der Waals surface area contributed by atoms with E-state index in [2.05, 4.69) is 20.3 Å². The molecule has 9 heteroatoms. The number of aryl methyl sites for hydroxylation is 1. The Balaban J connectivity index is 1.57. The highest BCUT2D eigenvalue weighted by Crippen LogP contribution is 2.35. The van der Waals surface area contributed by atoms with Gasteiger partial charge < -0.3 is 24.1 Å². The minimum Gasteiger partial charge on any atom is -0.493 e. The van der Waals surface area contributed by atoms with Crippen LogP contribution in [0.3, 0.4) is 0 Å². The van der Waals surface area contributed by atoms with Gasteiger partial charge in [-0.15, -0.1) is 0 Å². The van der Waals surface area contributed by atoms with Crippen LogP contribution in [0.4, 0.5) is 11.5 Å². The number of halogens is 1. The Hall–Kier alpha value is -3.52. The van der Waals surface area contributed by atoms with Crippen LogP contribution in [-0.4, -0.2) is 33.7 Å². The fraction of sp³-hybridized carbons (Fsp3) is 0.190. The third kappa shape index (κ3) is 3.95. The second-order valence-electron chi connectivity index (χ2n) is 6.46. The first-order valence-corrected chi connectivity index (χ1v) is 9.49. The van der Waals surface area contributed by atoms with Gasteiger partial charge in [-0.25, -0.2) is 15.0 Å². The average molecular weight is 426 g/mol. The van der Waals surface area contributed by atoms with Crippen LogP contribution in [0.15, 0.2) is 49.1 Å². The van der Waals surface area contributed by atoms with Crippen molar-refractivity contribution in [1.29, 1.82) is 0 Å². The van der Waals surface area contributed by atoms with Gasteiger partial charge in [-0.05, 0) is 24.3 Å². The van der Waals surface area contributed by atoms with Crippen LogP contribution >= 0.6 is 11.6 Å². The van der Waals surface area contributed by atoms with Crippen LogP contribution in [-0.2, 0) is 13.7 Å². The summed E-state index contributed by atoms with van der Waals surface area (Å²) in [4.78, 5) is 12.9. The summed E-state index contributed by atoms with van der Waals surface area (Å²) in [5.41, 5.74) is 1.49. The lowest BCUT2D eigenvalue weighted by molar-refractivity contribution is 0.292. The molecule has 0 atom stereocenters. The summed E-state index contributed by atoms with van der Waals surface area (Å²) in [6, 6.07) is 9.10. The number of methoxy groups -OCH3 is 2. The molecule has 30 heavy (non-hydrogen) atoms. The van der Waals surface area contributed by atoms with Crippen LogP contribution in [0.1, 0.15) is 5.82 Å². The van der Waals surface area contributed by atoms with Crippen molar-refractivity contribution in [3.63, 3.8) is 0 Å². The van der Waals surface area contributed by atoms with Gasteiger partial charge in [-0.3, -0.25) is 0 Å². The van der Waals surface area contributed by atoms with E-state index >= 15 is 0 Å². The number of nitrogens with one attached hydrogen (secondary N) is 1. The molecule has 4 rings (SSSR count). The van der Waals surface area contributed by atoms with E-state index in [9.17, 15) is 0 Å². The van der Waals surface area contributed by atoms with Crippen molar-refractivity contribution in [3.05, 3.63) is 59.9 Å². The van der Waals surface area contributed by atoms with Crippen LogP contribution in [0.2, 0.25) is 5.02 Å². The molecule has 0 spiro atoms. The molecule has 0 saturated carbocycles. The van der Waals surface area contributed by atoms with Gasteiger partial charge in [0, 0.05) is 36.6 Å². The lowest BCUT2D eigenvalue weighted by atomic mass is 10.2. The maximum absolute atomic E-state index is 6.42. The summed E-state index contributed by atoms with van der Waals surface area (Å²) < 4.78 is 18.4. The topological polar surface area (TPSA) is 83.3 Å². The Labute approximate surface area is 178 Å². The molecule has 0 aliphatic heterocycles. The summed E-state index contributed by atoms with van der Waals surface area (Å²) in [7, 11) is 5.09. The molecule has 0 bridgehead atoms. The van der Waals surface area contributed by atoms with Crippen molar-refractivity contribution in [2.24, 2.45) is 7.05 Å². The number of benzene rings is 2. The predicted octanol–water partition coefficient (Wildman–Crippen LogP) is 4.36. The number of ether oxygens (including phenoxy) is 3. The quantitative estimate of drug-likeness (QED) is 0.471. The number of nitrogens with zero attached hydrogens (tertiary/aromatic N) is 4. The van der Waals surface area contributed by atoms with Gasteiger partial charge in [0.2, 0.25) is 0 Å². The SMILES string of the molecule is COc1cc2ncnc(Nc3ccc(OCc4nccn4C)c(Cl)c3)c2cc1OC. The Morgan fingerprint density at radius 2 is 1.80 bits per heavy atom. The van der Waals surface area contributed by atoms with Crippen molar-refractivity contribution in [2.75, 3.05) is 19.5 Å². The number of rotatable bonds is 7. The second-order valence-corrected chi connectivity index (χ2v) is 6.87. The van der Waals surface area contributed by atoms with Crippen LogP contribution in [0.25, 0.3) is 10.9 Å². The third-order valence-electron chi connectivity index (χ3n) is 4.61. The molecular formula is C21H20ClN5O3. The normalized spacial score (nSPS) is 10.8. The van der Waals surface area contributed by atoms with Crippen molar-refractivity contribution in [3.8, 4) is 17.2 Å². The molecular weight excluding hydrogens is 406 g/mol. The van der Waals surface area contributed by atoms with Gasteiger partial charge in [0.25, 0.3) is 0 Å². The minimum absolute atomic E-state index is 0.328. The largest absolute Gasteiger partial charge is 0.493 e. The molecule has 1 N–H and O–H groups in total. The molecule has 8 nitrogen and oxygen atoms in total. The molecule has 154 valence electrons. The van der Waals surface area contributed by atoms with Crippen molar-refractivity contribution in [2.45, 2.75) is 6.61 Å². The van der Waals surface area contributed by atoms with Gasteiger partial charge in [0.1, 0.15) is 30.3 Å². The summed E-state index contributed by atoms with van der Waals surface area (Å²) in [6.07, 6.45) is 5.08. The monoisotopic (exact) mass is 425 g/mol. The Morgan fingerprint density at radius 1 is 1.00 bits per heavy atom. The number of hydrogen-bond acceptors (Lipinski definition) is 7. The first kappa shape index (κ1) is 19.8. The zero-order valence-corrected chi connectivity index (χ0v) is 17.5. The average Bonchev–Trinajstić information content (AvgIpc) is 3.17. The molecule has 0 saturated heterocycles. The van der Waals surface area contributed by atoms with E-state index in [1.165, 1.54) is 6.33 Å². The van der Waals surface area contributed by atoms with Gasteiger partial charge in [-0.2, -0.15) is 0 Å². The summed E-state index contributed by atoms with van der Waals surface area (Å²) >= 11 is 6.42. The number of anilines is 2. The second kappa shape index (κ2) is 8.46. The molecule has 0 amide bonds. The molecule has 2 aromatic carbocycles. The number of aromatic nitrogens is 4. The Kier molecular flexibility index (Phi) is 5.58. The fourth-order valence-electron chi connectivity index (χ4n) is 2.99. The standard InChI is InChI=1S/C21H20ClN5O3/c1-27-7-6-23-20(27)11-30-17-5-4-13(8-15(17)22)26-21-14-9-18(28-2)19(29-3)10-16(14)24-12-25-21/h4-10,12H,11H2,1-3H3,(H,24,25,26). The zero-order chi connectivity index (χ0) is 21.1. The Morgan fingerprint density at radius 3 is 2.50 bits per heavy atom. The smallest absolute Gasteiger partial charge is 0.162 e. The lowest BCUT2D eigenvalue weighted by Gasteiger charge is -2.13. The summed E-state index contributed by atoms with van der Waals surface area (Å²) in [6.45, 7) is 0.328. The van der Waals surface area contributed by atoms with E-state index in [0.29, 0.717) is 34.7 Å². The minimum atomic E-state index is 0.328.